The average Bonchev–Trinajstić information content (AvgIpc) is 2.47. The van der Waals surface area contributed by atoms with Crippen molar-refractivity contribution < 1.29 is 9.13 Å². The Labute approximate surface area is 121 Å². The summed E-state index contributed by atoms with van der Waals surface area (Å²) in [4.78, 5) is 10.4. The summed E-state index contributed by atoms with van der Waals surface area (Å²) in [7, 11) is -3.23. The Hall–Kier alpha value is -1.92. The Morgan fingerprint density at radius 3 is 2.15 bits per heavy atom. The predicted octanol–water partition coefficient (Wildman–Crippen LogP) is 3.94. The topological polar surface area (TPSA) is 84.1 Å². The number of rotatable bonds is 4. The van der Waals surface area contributed by atoms with Crippen LogP contribution >= 0.6 is 11.6 Å². The number of nitro groups is 1. The molecule has 0 fully saturated rings. The lowest BCUT2D eigenvalue weighted by Crippen LogP contribution is -2.07. The summed E-state index contributed by atoms with van der Waals surface area (Å²) in [5, 5.41) is 10.6. The first kappa shape index (κ1) is 14.5. The standard InChI is InChI=1S/C13H11ClN2O3S/c14-13(10-6-8-11(9-7-10)16(17)18)20(15,19)12-4-2-1-3-5-12/h1-9,13,15H. The molecule has 1 N–H and O–H groups in total. The summed E-state index contributed by atoms with van der Waals surface area (Å²) in [6.45, 7) is 0. The fourth-order valence-corrected chi connectivity index (χ4v) is 3.48. The van der Waals surface area contributed by atoms with Crippen LogP contribution in [0.15, 0.2) is 59.5 Å². The van der Waals surface area contributed by atoms with E-state index in [1.807, 2.05) is 0 Å². The van der Waals surface area contributed by atoms with E-state index < -0.39 is 19.4 Å². The molecule has 0 aliphatic heterocycles. The number of non-ortho nitro benzene ring substituents is 1. The van der Waals surface area contributed by atoms with Gasteiger partial charge >= 0.3 is 0 Å². The van der Waals surface area contributed by atoms with E-state index in [0.29, 0.717) is 10.5 Å². The highest BCUT2D eigenvalue weighted by atomic mass is 35.5. The Balaban J connectivity index is 2.36. The fourth-order valence-electron chi connectivity index (χ4n) is 1.68. The van der Waals surface area contributed by atoms with Crippen molar-refractivity contribution >= 4 is 27.0 Å². The van der Waals surface area contributed by atoms with Gasteiger partial charge in [0.2, 0.25) is 0 Å². The average molecular weight is 311 g/mol. The lowest BCUT2D eigenvalue weighted by Gasteiger charge is -2.14. The molecule has 104 valence electrons. The molecule has 0 radical (unpaired) electrons. The summed E-state index contributed by atoms with van der Waals surface area (Å²) in [6, 6.07) is 13.7. The largest absolute Gasteiger partial charge is 0.269 e. The number of hydrogen-bond acceptors (Lipinski definition) is 4. The van der Waals surface area contributed by atoms with Gasteiger partial charge in [0.1, 0.15) is 4.71 Å². The fraction of sp³-hybridized carbons (Fsp3) is 0.0769. The SMILES string of the molecule is N=S(=O)(c1ccccc1)C(Cl)c1ccc([N+](=O)[O-])cc1. The van der Waals surface area contributed by atoms with Crippen LogP contribution in [0.2, 0.25) is 0 Å². The van der Waals surface area contributed by atoms with E-state index in [2.05, 4.69) is 0 Å². The minimum atomic E-state index is -3.23. The molecule has 7 heteroatoms. The van der Waals surface area contributed by atoms with Gasteiger partial charge in [0, 0.05) is 17.0 Å². The number of halogens is 1. The summed E-state index contributed by atoms with van der Waals surface area (Å²) in [5.74, 6) is 0. The van der Waals surface area contributed by atoms with E-state index in [-0.39, 0.29) is 5.69 Å². The van der Waals surface area contributed by atoms with Gasteiger partial charge in [-0.25, -0.2) is 8.99 Å². The van der Waals surface area contributed by atoms with Gasteiger partial charge in [-0.2, -0.15) is 0 Å². The van der Waals surface area contributed by atoms with E-state index in [1.54, 1.807) is 30.3 Å². The monoisotopic (exact) mass is 310 g/mol. The normalized spacial score (nSPS) is 15.2. The van der Waals surface area contributed by atoms with Crippen molar-refractivity contribution in [3.63, 3.8) is 0 Å². The molecule has 20 heavy (non-hydrogen) atoms. The molecule has 2 atom stereocenters. The van der Waals surface area contributed by atoms with Gasteiger partial charge in [0.05, 0.1) is 14.7 Å². The molecular weight excluding hydrogens is 300 g/mol. The van der Waals surface area contributed by atoms with Crippen molar-refractivity contribution in [3.05, 3.63) is 70.3 Å². The maximum atomic E-state index is 12.5. The van der Waals surface area contributed by atoms with Crippen molar-refractivity contribution in [2.45, 2.75) is 9.60 Å². The van der Waals surface area contributed by atoms with E-state index in [1.165, 1.54) is 24.3 Å². The zero-order valence-corrected chi connectivity index (χ0v) is 11.8. The van der Waals surface area contributed by atoms with E-state index in [4.69, 9.17) is 16.4 Å². The van der Waals surface area contributed by atoms with Gasteiger partial charge < -0.3 is 0 Å². The van der Waals surface area contributed by atoms with Crippen LogP contribution in [0.3, 0.4) is 0 Å². The van der Waals surface area contributed by atoms with E-state index >= 15 is 0 Å². The predicted molar refractivity (Wildman–Crippen MR) is 77.3 cm³/mol. The van der Waals surface area contributed by atoms with Crippen LogP contribution in [0.1, 0.15) is 10.3 Å². The van der Waals surface area contributed by atoms with E-state index in [0.717, 1.165) is 0 Å². The Morgan fingerprint density at radius 1 is 1.10 bits per heavy atom. The highest BCUT2D eigenvalue weighted by molar-refractivity contribution is 7.93. The Morgan fingerprint density at radius 2 is 1.65 bits per heavy atom. The van der Waals surface area contributed by atoms with E-state index in [9.17, 15) is 14.3 Å². The lowest BCUT2D eigenvalue weighted by atomic mass is 10.2. The summed E-state index contributed by atoms with van der Waals surface area (Å²) < 4.78 is 19.5. The molecule has 2 rings (SSSR count). The smallest absolute Gasteiger partial charge is 0.258 e. The van der Waals surface area contributed by atoms with Gasteiger partial charge in [0.15, 0.2) is 0 Å². The maximum absolute atomic E-state index is 12.5. The molecule has 0 spiro atoms. The third-order valence-corrected chi connectivity index (χ3v) is 5.58. The molecule has 0 aromatic heterocycles. The zero-order valence-electron chi connectivity index (χ0n) is 10.2. The van der Waals surface area contributed by atoms with Gasteiger partial charge in [0.25, 0.3) is 5.69 Å². The van der Waals surface area contributed by atoms with Gasteiger partial charge in [-0.1, -0.05) is 18.2 Å². The zero-order chi connectivity index (χ0) is 14.8. The number of benzene rings is 2. The molecule has 0 heterocycles. The number of alkyl halides is 1. The molecular formula is C13H11ClN2O3S. The second-order valence-corrected chi connectivity index (χ2v) is 6.92. The van der Waals surface area contributed by atoms with Crippen molar-refractivity contribution in [1.29, 1.82) is 4.78 Å². The third-order valence-electron chi connectivity index (χ3n) is 2.75. The number of nitrogens with zero attached hydrogens (tertiary/aromatic N) is 1. The highest BCUT2D eigenvalue weighted by Gasteiger charge is 2.23. The minimum absolute atomic E-state index is 0.0752. The maximum Gasteiger partial charge on any atom is 0.269 e. The minimum Gasteiger partial charge on any atom is -0.258 e. The van der Waals surface area contributed by atoms with Crippen molar-refractivity contribution in [1.82, 2.24) is 0 Å². The molecule has 2 unspecified atom stereocenters. The van der Waals surface area contributed by atoms with Crippen molar-refractivity contribution in [2.75, 3.05) is 0 Å². The quantitative estimate of drug-likeness (QED) is 0.527. The van der Waals surface area contributed by atoms with Crippen LogP contribution in [0.5, 0.6) is 0 Å². The molecule has 0 saturated heterocycles. The van der Waals surface area contributed by atoms with Crippen LogP contribution < -0.4 is 0 Å². The third kappa shape index (κ3) is 2.81. The first-order valence-corrected chi connectivity index (χ1v) is 7.70. The van der Waals surface area contributed by atoms with Crippen LogP contribution in [0.4, 0.5) is 5.69 Å². The van der Waals surface area contributed by atoms with Crippen LogP contribution in [0, 0.1) is 14.9 Å². The second-order valence-electron chi connectivity index (χ2n) is 4.08. The number of nitrogens with one attached hydrogen (secondary N) is 1. The van der Waals surface area contributed by atoms with Crippen molar-refractivity contribution in [2.24, 2.45) is 0 Å². The first-order valence-electron chi connectivity index (χ1n) is 5.64. The van der Waals surface area contributed by atoms with Gasteiger partial charge in [-0.05, 0) is 29.8 Å². The van der Waals surface area contributed by atoms with Crippen molar-refractivity contribution in [3.8, 4) is 0 Å². The molecule has 0 aliphatic carbocycles. The van der Waals surface area contributed by atoms with Crippen LogP contribution in [-0.2, 0) is 9.73 Å². The summed E-state index contributed by atoms with van der Waals surface area (Å²) in [5.41, 5.74) is 0.343. The molecule has 5 nitrogen and oxygen atoms in total. The van der Waals surface area contributed by atoms with Gasteiger partial charge in [-0.3, -0.25) is 10.1 Å². The van der Waals surface area contributed by atoms with Crippen LogP contribution in [0.25, 0.3) is 0 Å². The molecule has 0 amide bonds. The second kappa shape index (κ2) is 5.60. The molecule has 0 saturated carbocycles. The molecule has 0 bridgehead atoms. The molecule has 2 aromatic rings. The van der Waals surface area contributed by atoms with Gasteiger partial charge in [-0.15, -0.1) is 11.6 Å². The Bertz CT molecular complexity index is 715. The van der Waals surface area contributed by atoms with Crippen LogP contribution in [-0.4, -0.2) is 9.13 Å². The highest BCUT2D eigenvalue weighted by Crippen LogP contribution is 2.33. The molecule has 0 aliphatic rings. The molecule has 2 aromatic carbocycles. The summed E-state index contributed by atoms with van der Waals surface area (Å²) in [6.07, 6.45) is 0. The number of hydrogen-bond donors (Lipinski definition) is 1. The number of nitro benzene ring substituents is 1. The summed E-state index contributed by atoms with van der Waals surface area (Å²) >= 11 is 6.13. The lowest BCUT2D eigenvalue weighted by molar-refractivity contribution is -0.384. The first-order chi connectivity index (χ1) is 9.43. The Kier molecular flexibility index (Phi) is 4.06.